The topological polar surface area (TPSA) is 66.7 Å². The molecule has 4 nitrogen and oxygen atoms in total. The second-order valence-electron chi connectivity index (χ2n) is 14.6. The van der Waals surface area contributed by atoms with E-state index in [-0.39, 0.29) is 11.5 Å². The molecule has 0 fully saturated rings. The molecule has 8 aromatic carbocycles. The molecule has 0 spiro atoms. The molecule has 10 aromatic rings. The van der Waals surface area contributed by atoms with Gasteiger partial charge in [-0.3, -0.25) is 0 Å². The number of aromatic hydroxyl groups is 2. The Hall–Kier alpha value is -6.00. The molecule has 0 bridgehead atoms. The van der Waals surface area contributed by atoms with Crippen LogP contribution in [-0.4, -0.2) is 10.2 Å². The van der Waals surface area contributed by atoms with Crippen LogP contribution in [0.2, 0.25) is 0 Å². The van der Waals surface area contributed by atoms with Crippen molar-refractivity contribution in [2.45, 2.75) is 58.3 Å². The molecule has 260 valence electrons. The van der Waals surface area contributed by atoms with Crippen LogP contribution in [0.4, 0.5) is 0 Å². The van der Waals surface area contributed by atoms with Crippen LogP contribution in [-0.2, 0) is 6.42 Å². The van der Waals surface area contributed by atoms with Gasteiger partial charge < -0.3 is 19.0 Å². The summed E-state index contributed by atoms with van der Waals surface area (Å²) in [5, 5.41) is 36.8. The van der Waals surface area contributed by atoms with Gasteiger partial charge in [-0.1, -0.05) is 149 Å². The van der Waals surface area contributed by atoms with E-state index in [0.29, 0.717) is 27.9 Å². The summed E-state index contributed by atoms with van der Waals surface area (Å²) < 4.78 is 13.4. The van der Waals surface area contributed by atoms with Crippen LogP contribution in [0.3, 0.4) is 0 Å². The Morgan fingerprint density at radius 1 is 0.434 bits per heavy atom. The van der Waals surface area contributed by atoms with Gasteiger partial charge in [-0.25, -0.2) is 0 Å². The number of phenols is 2. The molecule has 0 unspecified atom stereocenters. The van der Waals surface area contributed by atoms with E-state index in [2.05, 4.69) is 67.6 Å². The minimum absolute atomic E-state index is 0.0000270. The third kappa shape index (κ3) is 4.81. The summed E-state index contributed by atoms with van der Waals surface area (Å²) >= 11 is 0. The van der Waals surface area contributed by atoms with E-state index in [4.69, 9.17) is 8.83 Å². The minimum Gasteiger partial charge on any atom is -0.504 e. The van der Waals surface area contributed by atoms with Crippen molar-refractivity contribution in [2.24, 2.45) is 0 Å². The Morgan fingerprint density at radius 3 is 1.58 bits per heavy atom. The summed E-state index contributed by atoms with van der Waals surface area (Å²) in [5.74, 6) is 0.0159. The third-order valence-corrected chi connectivity index (χ3v) is 11.5. The summed E-state index contributed by atoms with van der Waals surface area (Å²) in [6.07, 6.45) is 9.57. The zero-order valence-electron chi connectivity index (χ0n) is 29.8. The van der Waals surface area contributed by atoms with Gasteiger partial charge in [0.15, 0.2) is 22.7 Å². The van der Waals surface area contributed by atoms with Crippen LogP contribution in [0.1, 0.15) is 57.4 Å². The van der Waals surface area contributed by atoms with Crippen molar-refractivity contribution in [3.05, 3.63) is 121 Å². The van der Waals surface area contributed by atoms with Gasteiger partial charge in [0.05, 0.1) is 0 Å². The number of rotatable bonds is 9. The zero-order valence-corrected chi connectivity index (χ0v) is 29.8. The van der Waals surface area contributed by atoms with Gasteiger partial charge in [-0.2, -0.15) is 0 Å². The lowest BCUT2D eigenvalue weighted by molar-refractivity contribution is 0.464. The maximum atomic E-state index is 12.6. The lowest BCUT2D eigenvalue weighted by atomic mass is 9.88. The molecule has 0 aliphatic rings. The van der Waals surface area contributed by atoms with E-state index in [9.17, 15) is 10.2 Å². The van der Waals surface area contributed by atoms with Crippen molar-refractivity contribution in [2.75, 3.05) is 0 Å². The molecular weight excluding hydrogens is 653 g/mol. The fourth-order valence-electron chi connectivity index (χ4n) is 9.02. The Balaban J connectivity index is 1.26. The molecule has 0 saturated heterocycles. The van der Waals surface area contributed by atoms with Crippen LogP contribution in [0, 0.1) is 0 Å². The summed E-state index contributed by atoms with van der Waals surface area (Å²) in [6, 6.07) is 39.4. The largest absolute Gasteiger partial charge is 0.504 e. The second kappa shape index (κ2) is 12.6. The Bertz CT molecular complexity index is 3050. The highest BCUT2D eigenvalue weighted by atomic mass is 16.4. The normalized spacial score (nSPS) is 12.2. The molecule has 0 amide bonds. The molecule has 2 heterocycles. The molecule has 4 heteroatoms. The summed E-state index contributed by atoms with van der Waals surface area (Å²) in [5.41, 5.74) is 4.60. The van der Waals surface area contributed by atoms with Gasteiger partial charge in [0.1, 0.15) is 11.2 Å². The SMILES string of the molecule is CCCCCCCCCc1cc2ccccc2c2c1oc1c(O)c(-c3c(O)c4oc5ccc6ccccc6c5c4c4ccccc34)c3ccccc3c12. The molecule has 53 heavy (non-hydrogen) atoms. The smallest absolute Gasteiger partial charge is 0.178 e. The monoisotopic (exact) mass is 692 g/mol. The fraction of sp³-hybridized carbons (Fsp3) is 0.184. The van der Waals surface area contributed by atoms with E-state index < -0.39 is 0 Å². The minimum atomic E-state index is -0.0000270. The number of hydrogen-bond acceptors (Lipinski definition) is 4. The molecule has 0 radical (unpaired) electrons. The molecule has 2 N–H and O–H groups in total. The molecule has 10 rings (SSSR count). The molecule has 0 atom stereocenters. The highest BCUT2D eigenvalue weighted by Gasteiger charge is 2.28. The zero-order chi connectivity index (χ0) is 35.6. The lowest BCUT2D eigenvalue weighted by Crippen LogP contribution is -1.90. The molecule has 0 aliphatic heterocycles. The summed E-state index contributed by atoms with van der Waals surface area (Å²) in [7, 11) is 0. The van der Waals surface area contributed by atoms with Gasteiger partial charge in [0.25, 0.3) is 0 Å². The van der Waals surface area contributed by atoms with Gasteiger partial charge in [0.2, 0.25) is 0 Å². The van der Waals surface area contributed by atoms with Crippen molar-refractivity contribution < 1.29 is 19.0 Å². The van der Waals surface area contributed by atoms with Crippen LogP contribution in [0.25, 0.3) is 98.1 Å². The first-order valence-electron chi connectivity index (χ1n) is 19.1. The van der Waals surface area contributed by atoms with Gasteiger partial charge >= 0.3 is 0 Å². The first kappa shape index (κ1) is 31.7. The average molecular weight is 693 g/mol. The van der Waals surface area contributed by atoms with Crippen molar-refractivity contribution in [3.8, 4) is 22.6 Å². The van der Waals surface area contributed by atoms with E-state index in [1.165, 1.54) is 43.9 Å². The maximum Gasteiger partial charge on any atom is 0.178 e. The number of hydrogen-bond donors (Lipinski definition) is 2. The van der Waals surface area contributed by atoms with E-state index in [0.717, 1.165) is 83.2 Å². The van der Waals surface area contributed by atoms with E-state index in [1.54, 1.807) is 0 Å². The number of phenolic OH excluding ortho intramolecular Hbond substituents is 2. The fourth-order valence-corrected chi connectivity index (χ4v) is 9.02. The van der Waals surface area contributed by atoms with E-state index >= 15 is 0 Å². The van der Waals surface area contributed by atoms with E-state index in [1.807, 2.05) is 54.6 Å². The Labute approximate surface area is 306 Å². The number of unbranched alkanes of at least 4 members (excludes halogenated alkanes) is 6. The predicted octanol–water partition coefficient (Wildman–Crippen LogP) is 14.5. The molecule has 2 aromatic heterocycles. The summed E-state index contributed by atoms with van der Waals surface area (Å²) in [4.78, 5) is 0. The van der Waals surface area contributed by atoms with Crippen LogP contribution in [0.5, 0.6) is 11.5 Å². The first-order valence-corrected chi connectivity index (χ1v) is 19.1. The number of fused-ring (bicyclic) bond motifs is 14. The number of furan rings is 2. The first-order chi connectivity index (χ1) is 26.1. The van der Waals surface area contributed by atoms with Crippen molar-refractivity contribution in [1.29, 1.82) is 0 Å². The number of benzene rings is 8. The lowest BCUT2D eigenvalue weighted by Gasteiger charge is -2.16. The second-order valence-corrected chi connectivity index (χ2v) is 14.6. The van der Waals surface area contributed by atoms with Gasteiger partial charge in [0, 0.05) is 32.7 Å². The van der Waals surface area contributed by atoms with Crippen LogP contribution >= 0.6 is 0 Å². The third-order valence-electron chi connectivity index (χ3n) is 11.5. The van der Waals surface area contributed by atoms with Gasteiger partial charge in [-0.05, 0) is 73.6 Å². The predicted molar refractivity (Wildman–Crippen MR) is 221 cm³/mol. The Morgan fingerprint density at radius 2 is 0.925 bits per heavy atom. The van der Waals surface area contributed by atoms with Crippen molar-refractivity contribution in [1.82, 2.24) is 0 Å². The molecular formula is C49H40O4. The van der Waals surface area contributed by atoms with Gasteiger partial charge in [-0.15, -0.1) is 0 Å². The molecule has 0 aliphatic carbocycles. The Kier molecular flexibility index (Phi) is 7.54. The quantitative estimate of drug-likeness (QED) is 0.148. The average Bonchev–Trinajstić information content (AvgIpc) is 3.80. The van der Waals surface area contributed by atoms with Crippen molar-refractivity contribution >= 4 is 87.0 Å². The summed E-state index contributed by atoms with van der Waals surface area (Å²) in [6.45, 7) is 2.26. The van der Waals surface area contributed by atoms with Crippen LogP contribution in [0.15, 0.2) is 124 Å². The standard InChI is InChI=1S/C49H40O4/c1-2-3-4-5-6-7-8-19-31-28-30-18-10-12-21-33(30)42-44-37-25-16-14-23-35(37)41(46(51)49(44)53-47(31)42)40-34-22-13-15-24-36(34)43-39-32-20-11-9-17-29(32)26-27-38(39)52-48(43)45(40)50/h9-18,20-28,50-51H,2-8,19H2,1H3. The number of aryl methyl sites for hydroxylation is 1. The highest BCUT2D eigenvalue weighted by molar-refractivity contribution is 6.34. The molecule has 0 saturated carbocycles. The highest BCUT2D eigenvalue weighted by Crippen LogP contribution is 2.55. The maximum absolute atomic E-state index is 12.6. The van der Waals surface area contributed by atoms with Crippen molar-refractivity contribution in [3.63, 3.8) is 0 Å². The van der Waals surface area contributed by atoms with Crippen LogP contribution < -0.4 is 0 Å².